The monoisotopic (exact) mass is 501 g/mol. The summed E-state index contributed by atoms with van der Waals surface area (Å²) in [7, 11) is -1.83. The molecule has 2 heteroatoms. The van der Waals surface area contributed by atoms with Crippen LogP contribution in [0.3, 0.4) is 0 Å². The fourth-order valence-corrected chi connectivity index (χ4v) is 8.91. The van der Waals surface area contributed by atoms with Crippen LogP contribution in [-0.2, 0) is 31.6 Å². The van der Waals surface area contributed by atoms with Gasteiger partial charge in [0, 0.05) is 26.2 Å². The van der Waals surface area contributed by atoms with Gasteiger partial charge in [-0.3, -0.25) is 0 Å². The number of benzene rings is 2. The fourth-order valence-electron chi connectivity index (χ4n) is 5.22. The van der Waals surface area contributed by atoms with Crippen molar-refractivity contribution in [3.05, 3.63) is 83.1 Å². The maximum Gasteiger partial charge on any atom is 0.108 e. The van der Waals surface area contributed by atoms with Crippen molar-refractivity contribution in [1.82, 2.24) is 0 Å². The van der Waals surface area contributed by atoms with Gasteiger partial charge in [0.2, 0.25) is 0 Å². The van der Waals surface area contributed by atoms with Gasteiger partial charge in [-0.2, -0.15) is 12.1 Å². The maximum atomic E-state index is 2.56. The van der Waals surface area contributed by atoms with Crippen LogP contribution in [0.15, 0.2) is 72.0 Å². The summed E-state index contributed by atoms with van der Waals surface area (Å²) >= 11 is 0. The van der Waals surface area contributed by atoms with E-state index >= 15 is 0 Å². The minimum absolute atomic E-state index is 0. The van der Waals surface area contributed by atoms with E-state index in [4.69, 9.17) is 0 Å². The van der Waals surface area contributed by atoms with E-state index in [1.807, 2.05) is 0 Å². The smallest absolute Gasteiger partial charge is 0.108 e. The first-order chi connectivity index (χ1) is 14.1. The molecule has 0 aromatic heterocycles. The molecule has 3 aromatic rings. The molecule has 31 heavy (non-hydrogen) atoms. The van der Waals surface area contributed by atoms with Crippen LogP contribution in [-0.4, -0.2) is 8.07 Å². The Labute approximate surface area is 209 Å². The van der Waals surface area contributed by atoms with Crippen molar-refractivity contribution >= 4 is 24.0 Å². The third-order valence-corrected chi connectivity index (χ3v) is 10.6. The Morgan fingerprint density at radius 1 is 0.968 bits per heavy atom. The number of hydrogen-bond donors (Lipinski definition) is 0. The molecule has 0 radical (unpaired) electrons. The van der Waals surface area contributed by atoms with Crippen LogP contribution in [0.2, 0.25) is 13.1 Å². The summed E-state index contributed by atoms with van der Waals surface area (Å²) in [6.07, 6.45) is 8.09. The zero-order valence-corrected chi connectivity index (χ0v) is 23.6. The molecule has 0 bridgehead atoms. The van der Waals surface area contributed by atoms with Crippen molar-refractivity contribution in [1.29, 1.82) is 0 Å². The topological polar surface area (TPSA) is 0 Å². The summed E-state index contributed by atoms with van der Waals surface area (Å²) < 4.78 is 0. The first kappa shape index (κ1) is 24.3. The summed E-state index contributed by atoms with van der Waals surface area (Å²) in [5.41, 5.74) is 6.04. The molecular formula is C29H35SiZr-. The van der Waals surface area contributed by atoms with E-state index in [1.165, 1.54) is 27.5 Å². The van der Waals surface area contributed by atoms with Crippen LogP contribution in [0.25, 0.3) is 21.9 Å². The Balaban J connectivity index is 0.00000272. The third-order valence-electron chi connectivity index (χ3n) is 6.80. The minimum atomic E-state index is -1.83. The van der Waals surface area contributed by atoms with Crippen LogP contribution >= 0.6 is 0 Å². The quantitative estimate of drug-likeness (QED) is 0.250. The van der Waals surface area contributed by atoms with Crippen LogP contribution in [0.5, 0.6) is 0 Å². The average molecular weight is 503 g/mol. The molecule has 0 atom stereocenters. The molecule has 160 valence electrons. The van der Waals surface area contributed by atoms with E-state index in [9.17, 15) is 0 Å². The molecule has 1 aliphatic carbocycles. The van der Waals surface area contributed by atoms with E-state index in [-0.39, 0.29) is 31.6 Å². The molecule has 1 aliphatic rings. The minimum Gasteiger partial charge on any atom is -0.168 e. The van der Waals surface area contributed by atoms with Crippen molar-refractivity contribution in [3.63, 3.8) is 0 Å². The second kappa shape index (κ2) is 8.87. The molecule has 0 heterocycles. The molecule has 0 saturated carbocycles. The Hall–Kier alpha value is -1.37. The van der Waals surface area contributed by atoms with Crippen LogP contribution < -0.4 is 5.19 Å². The number of hydrogen-bond acceptors (Lipinski definition) is 0. The fraction of sp³-hybridized carbons (Fsp3) is 0.345. The zero-order chi connectivity index (χ0) is 21.7. The van der Waals surface area contributed by atoms with Gasteiger partial charge in [-0.25, -0.2) is 0 Å². The van der Waals surface area contributed by atoms with Gasteiger partial charge >= 0.3 is 0 Å². The van der Waals surface area contributed by atoms with Crippen molar-refractivity contribution in [2.45, 2.75) is 65.5 Å². The second-order valence-corrected chi connectivity index (χ2v) is 15.0. The van der Waals surface area contributed by atoms with Gasteiger partial charge in [-0.15, -0.1) is 29.0 Å². The number of fused-ring (bicyclic) bond motifs is 1. The Morgan fingerprint density at radius 3 is 2.32 bits per heavy atom. The van der Waals surface area contributed by atoms with Gasteiger partial charge < -0.3 is 0 Å². The van der Waals surface area contributed by atoms with Gasteiger partial charge in [-0.1, -0.05) is 94.9 Å². The molecule has 0 aliphatic heterocycles. The predicted molar refractivity (Wildman–Crippen MR) is 137 cm³/mol. The van der Waals surface area contributed by atoms with E-state index < -0.39 is 8.07 Å². The molecule has 0 fully saturated rings. The summed E-state index contributed by atoms with van der Waals surface area (Å²) in [6.45, 7) is 17.0. The molecule has 0 saturated heterocycles. The Kier molecular flexibility index (Phi) is 6.95. The number of rotatable bonds is 4. The van der Waals surface area contributed by atoms with Crippen molar-refractivity contribution in [2.24, 2.45) is 0 Å². The zero-order valence-electron chi connectivity index (χ0n) is 20.1. The van der Waals surface area contributed by atoms with E-state index in [0.29, 0.717) is 5.92 Å². The third kappa shape index (κ3) is 4.31. The average Bonchev–Trinajstić information content (AvgIpc) is 3.37. The standard InChI is InChI=1S/C29H35Si.Zr/c1-20(2)27-25(24-17-11-13-21-12-10-16-23(21)24)18-19-26(29(3,4)5)28(27)30(6,7)22-14-8-9-15-22;/h8-14,16-20H,15H2,1-7H3;/q-1;. The summed E-state index contributed by atoms with van der Waals surface area (Å²) in [5.74, 6) is 0.476. The van der Waals surface area contributed by atoms with E-state index in [1.54, 1.807) is 15.9 Å². The molecular weight excluding hydrogens is 468 g/mol. The first-order valence-corrected chi connectivity index (χ1v) is 14.3. The van der Waals surface area contributed by atoms with Gasteiger partial charge in [-0.05, 0) is 39.6 Å². The summed E-state index contributed by atoms with van der Waals surface area (Å²) in [5, 5.41) is 6.03. The molecule has 0 nitrogen and oxygen atoms in total. The SMILES string of the molecule is CC(C)c1c(-c2cccc3[cH-]ccc23)ccc(C(C)(C)C)c1[Si](C)(C)C1=CC=CC1.[Zr]. The summed E-state index contributed by atoms with van der Waals surface area (Å²) in [6, 6.07) is 18.3. The molecule has 0 unspecified atom stereocenters. The van der Waals surface area contributed by atoms with Crippen LogP contribution in [0, 0.1) is 0 Å². The van der Waals surface area contributed by atoms with Gasteiger partial charge in [0.15, 0.2) is 0 Å². The van der Waals surface area contributed by atoms with Crippen LogP contribution in [0.4, 0.5) is 0 Å². The van der Waals surface area contributed by atoms with Gasteiger partial charge in [0.05, 0.1) is 0 Å². The first-order valence-electron chi connectivity index (χ1n) is 11.3. The normalized spacial score (nSPS) is 14.3. The van der Waals surface area contributed by atoms with Crippen molar-refractivity contribution in [3.8, 4) is 11.1 Å². The molecule has 0 spiro atoms. The molecule has 0 N–H and O–H groups in total. The largest absolute Gasteiger partial charge is 0.168 e. The molecule has 4 rings (SSSR count). The molecule has 0 amide bonds. The Morgan fingerprint density at radius 2 is 1.71 bits per heavy atom. The summed E-state index contributed by atoms with van der Waals surface area (Å²) in [4.78, 5) is 0. The van der Waals surface area contributed by atoms with Crippen LogP contribution in [0.1, 0.15) is 58.1 Å². The molecule has 3 aromatic carbocycles. The van der Waals surface area contributed by atoms with Gasteiger partial charge in [0.25, 0.3) is 0 Å². The predicted octanol–water partition coefficient (Wildman–Crippen LogP) is 7.99. The maximum absolute atomic E-state index is 2.56. The second-order valence-electron chi connectivity index (χ2n) is 10.6. The van der Waals surface area contributed by atoms with Crippen molar-refractivity contribution < 1.29 is 26.2 Å². The van der Waals surface area contributed by atoms with Crippen molar-refractivity contribution in [2.75, 3.05) is 0 Å². The number of allylic oxidation sites excluding steroid dienone is 4. The van der Waals surface area contributed by atoms with Gasteiger partial charge in [0.1, 0.15) is 8.07 Å². The Bertz CT molecular complexity index is 1150. The van der Waals surface area contributed by atoms with E-state index in [2.05, 4.69) is 114 Å². The van der Waals surface area contributed by atoms with E-state index in [0.717, 1.165) is 6.42 Å².